The van der Waals surface area contributed by atoms with Crippen LogP contribution in [-0.4, -0.2) is 21.6 Å². The maximum atomic E-state index is 11.6. The molecule has 0 spiro atoms. The number of nitrogens with one attached hydrogen (secondary N) is 2. The molecule has 0 aliphatic rings. The van der Waals surface area contributed by atoms with Gasteiger partial charge in [-0.3, -0.25) is 4.79 Å². The molecule has 0 unspecified atom stereocenters. The smallest absolute Gasteiger partial charge is 0.230 e. The van der Waals surface area contributed by atoms with Crippen LogP contribution in [0.2, 0.25) is 0 Å². The summed E-state index contributed by atoms with van der Waals surface area (Å²) in [5, 5.41) is 2.82. The first kappa shape index (κ1) is 12.7. The van der Waals surface area contributed by atoms with Gasteiger partial charge >= 0.3 is 0 Å². The summed E-state index contributed by atoms with van der Waals surface area (Å²) in [4.78, 5) is 19.8. The Morgan fingerprint density at radius 2 is 2.28 bits per heavy atom. The Morgan fingerprint density at radius 3 is 3.00 bits per heavy atom. The Labute approximate surface area is 110 Å². The standard InChI is InChI=1S/C13H15N3OS/c1-10-4-2-3-5-11(10)18-9-13(17)16-8-12-14-6-7-15-12/h2-7H,8-9H2,1H3,(H,14,15)(H,16,17). The van der Waals surface area contributed by atoms with E-state index < -0.39 is 0 Å². The predicted molar refractivity (Wildman–Crippen MR) is 72.3 cm³/mol. The maximum Gasteiger partial charge on any atom is 0.230 e. The number of hydrogen-bond acceptors (Lipinski definition) is 3. The summed E-state index contributed by atoms with van der Waals surface area (Å²) in [5.74, 6) is 1.20. The highest BCUT2D eigenvalue weighted by Crippen LogP contribution is 2.21. The van der Waals surface area contributed by atoms with E-state index in [-0.39, 0.29) is 5.91 Å². The zero-order valence-corrected chi connectivity index (χ0v) is 11.0. The Kier molecular flexibility index (Phi) is 4.41. The van der Waals surface area contributed by atoms with Crippen molar-refractivity contribution in [2.24, 2.45) is 0 Å². The van der Waals surface area contributed by atoms with E-state index in [2.05, 4.69) is 15.3 Å². The van der Waals surface area contributed by atoms with Crippen LogP contribution >= 0.6 is 11.8 Å². The fourth-order valence-electron chi connectivity index (χ4n) is 1.49. The number of carbonyl (C=O) groups excluding carboxylic acids is 1. The van der Waals surface area contributed by atoms with Gasteiger partial charge in [-0.1, -0.05) is 18.2 Å². The first-order chi connectivity index (χ1) is 8.75. The zero-order valence-electron chi connectivity index (χ0n) is 10.1. The second-order valence-corrected chi connectivity index (χ2v) is 4.88. The lowest BCUT2D eigenvalue weighted by molar-refractivity contribution is -0.118. The Morgan fingerprint density at radius 1 is 1.44 bits per heavy atom. The van der Waals surface area contributed by atoms with Crippen molar-refractivity contribution in [3.63, 3.8) is 0 Å². The molecule has 1 heterocycles. The van der Waals surface area contributed by atoms with Crippen molar-refractivity contribution in [3.05, 3.63) is 48.0 Å². The molecule has 1 aromatic heterocycles. The highest BCUT2D eigenvalue weighted by molar-refractivity contribution is 8.00. The third-order valence-electron chi connectivity index (χ3n) is 2.46. The van der Waals surface area contributed by atoms with Crippen LogP contribution < -0.4 is 5.32 Å². The summed E-state index contributed by atoms with van der Waals surface area (Å²) in [5.41, 5.74) is 1.20. The van der Waals surface area contributed by atoms with Gasteiger partial charge in [-0.15, -0.1) is 11.8 Å². The molecule has 18 heavy (non-hydrogen) atoms. The first-order valence-electron chi connectivity index (χ1n) is 5.69. The van der Waals surface area contributed by atoms with Gasteiger partial charge in [0.05, 0.1) is 12.3 Å². The van der Waals surface area contributed by atoms with E-state index in [0.29, 0.717) is 12.3 Å². The van der Waals surface area contributed by atoms with Gasteiger partial charge in [0.2, 0.25) is 5.91 Å². The Bertz CT molecular complexity index is 511. The molecule has 4 nitrogen and oxygen atoms in total. The number of hydrogen-bond donors (Lipinski definition) is 2. The van der Waals surface area contributed by atoms with Crippen molar-refractivity contribution in [3.8, 4) is 0 Å². The third kappa shape index (κ3) is 3.63. The fraction of sp³-hybridized carbons (Fsp3) is 0.231. The number of aromatic amines is 1. The van der Waals surface area contributed by atoms with E-state index in [9.17, 15) is 4.79 Å². The monoisotopic (exact) mass is 261 g/mol. The number of aryl methyl sites for hydroxylation is 1. The highest BCUT2D eigenvalue weighted by Gasteiger charge is 2.04. The van der Waals surface area contributed by atoms with Crippen LogP contribution in [0.1, 0.15) is 11.4 Å². The number of imidazole rings is 1. The molecule has 0 saturated carbocycles. The molecule has 5 heteroatoms. The largest absolute Gasteiger partial charge is 0.348 e. The highest BCUT2D eigenvalue weighted by atomic mass is 32.2. The van der Waals surface area contributed by atoms with Crippen LogP contribution in [0, 0.1) is 6.92 Å². The summed E-state index contributed by atoms with van der Waals surface area (Å²) < 4.78 is 0. The lowest BCUT2D eigenvalue weighted by Crippen LogP contribution is -2.25. The quantitative estimate of drug-likeness (QED) is 0.811. The van der Waals surface area contributed by atoms with Crippen molar-refractivity contribution in [2.45, 2.75) is 18.4 Å². The van der Waals surface area contributed by atoms with Crippen LogP contribution in [0.25, 0.3) is 0 Å². The zero-order chi connectivity index (χ0) is 12.8. The van der Waals surface area contributed by atoms with E-state index in [1.807, 2.05) is 31.2 Å². The van der Waals surface area contributed by atoms with Gasteiger partial charge in [0.25, 0.3) is 0 Å². The van der Waals surface area contributed by atoms with E-state index in [0.717, 1.165) is 10.7 Å². The van der Waals surface area contributed by atoms with Crippen molar-refractivity contribution >= 4 is 17.7 Å². The molecular formula is C13H15N3OS. The van der Waals surface area contributed by atoms with Crippen molar-refractivity contribution in [1.29, 1.82) is 0 Å². The van der Waals surface area contributed by atoms with Crippen LogP contribution in [0.5, 0.6) is 0 Å². The number of H-pyrrole nitrogens is 1. The number of carbonyl (C=O) groups is 1. The normalized spacial score (nSPS) is 10.3. The molecule has 0 atom stereocenters. The molecule has 2 N–H and O–H groups in total. The molecule has 1 amide bonds. The number of amides is 1. The number of nitrogens with zero attached hydrogens (tertiary/aromatic N) is 1. The topological polar surface area (TPSA) is 57.8 Å². The lowest BCUT2D eigenvalue weighted by atomic mass is 10.2. The van der Waals surface area contributed by atoms with Crippen LogP contribution in [0.3, 0.4) is 0 Å². The first-order valence-corrected chi connectivity index (χ1v) is 6.67. The molecule has 0 fully saturated rings. The van der Waals surface area contributed by atoms with Gasteiger partial charge in [0.1, 0.15) is 5.82 Å². The van der Waals surface area contributed by atoms with E-state index in [1.165, 1.54) is 5.56 Å². The fourth-order valence-corrected chi connectivity index (χ4v) is 2.35. The molecule has 0 saturated heterocycles. The maximum absolute atomic E-state index is 11.6. The van der Waals surface area contributed by atoms with Gasteiger partial charge in [-0.2, -0.15) is 0 Å². The minimum absolute atomic E-state index is 0.0136. The van der Waals surface area contributed by atoms with E-state index >= 15 is 0 Å². The number of rotatable bonds is 5. The summed E-state index contributed by atoms with van der Waals surface area (Å²) >= 11 is 1.55. The summed E-state index contributed by atoms with van der Waals surface area (Å²) in [6.45, 7) is 2.49. The molecule has 2 aromatic rings. The molecule has 94 valence electrons. The van der Waals surface area contributed by atoms with Gasteiger partial charge in [0.15, 0.2) is 0 Å². The van der Waals surface area contributed by atoms with Gasteiger partial charge in [0, 0.05) is 17.3 Å². The van der Waals surface area contributed by atoms with E-state index in [1.54, 1.807) is 24.2 Å². The van der Waals surface area contributed by atoms with Crippen molar-refractivity contribution in [2.75, 3.05) is 5.75 Å². The number of thioether (sulfide) groups is 1. The van der Waals surface area contributed by atoms with Crippen LogP contribution in [0.4, 0.5) is 0 Å². The molecule has 0 aliphatic carbocycles. The van der Waals surface area contributed by atoms with Crippen LogP contribution in [-0.2, 0) is 11.3 Å². The third-order valence-corrected chi connectivity index (χ3v) is 3.64. The molecule has 1 aromatic carbocycles. The van der Waals surface area contributed by atoms with Crippen molar-refractivity contribution < 1.29 is 4.79 Å². The summed E-state index contributed by atoms with van der Waals surface area (Å²) in [6, 6.07) is 8.05. The Balaban J connectivity index is 1.77. The van der Waals surface area contributed by atoms with Gasteiger partial charge in [-0.05, 0) is 18.6 Å². The van der Waals surface area contributed by atoms with Crippen molar-refractivity contribution in [1.82, 2.24) is 15.3 Å². The van der Waals surface area contributed by atoms with Crippen LogP contribution in [0.15, 0.2) is 41.6 Å². The average molecular weight is 261 g/mol. The second kappa shape index (κ2) is 6.26. The van der Waals surface area contributed by atoms with Gasteiger partial charge < -0.3 is 10.3 Å². The van der Waals surface area contributed by atoms with Gasteiger partial charge in [-0.25, -0.2) is 4.98 Å². The summed E-state index contributed by atoms with van der Waals surface area (Å²) in [7, 11) is 0. The average Bonchev–Trinajstić information content (AvgIpc) is 2.88. The molecular weight excluding hydrogens is 246 g/mol. The summed E-state index contributed by atoms with van der Waals surface area (Å²) in [6.07, 6.45) is 3.41. The number of benzene rings is 1. The molecule has 0 radical (unpaired) electrons. The Hall–Kier alpha value is -1.75. The predicted octanol–water partition coefficient (Wildman–Crippen LogP) is 2.13. The SMILES string of the molecule is Cc1ccccc1SCC(=O)NCc1ncc[nH]1. The lowest BCUT2D eigenvalue weighted by Gasteiger charge is -2.05. The molecule has 2 rings (SSSR count). The molecule has 0 bridgehead atoms. The minimum Gasteiger partial charge on any atom is -0.348 e. The van der Waals surface area contributed by atoms with E-state index in [4.69, 9.17) is 0 Å². The number of aromatic nitrogens is 2. The molecule has 0 aliphatic heterocycles. The second-order valence-electron chi connectivity index (χ2n) is 3.87. The minimum atomic E-state index is 0.0136.